The first-order valence-electron chi connectivity index (χ1n) is 5.14. The van der Waals surface area contributed by atoms with Gasteiger partial charge in [0.05, 0.1) is 0 Å². The number of aromatic nitrogens is 1. The number of carbonyl (C=O) groups is 1. The Morgan fingerprint density at radius 2 is 2.28 bits per heavy atom. The van der Waals surface area contributed by atoms with Gasteiger partial charge in [-0.15, -0.1) is 0 Å². The first-order chi connectivity index (χ1) is 8.56. The number of hydrogen-bond donors (Lipinski definition) is 1. The van der Waals surface area contributed by atoms with Crippen molar-refractivity contribution in [3.05, 3.63) is 46.3 Å². The lowest BCUT2D eigenvalue weighted by atomic mass is 10.2. The van der Waals surface area contributed by atoms with Gasteiger partial charge in [-0.05, 0) is 25.1 Å². The highest BCUT2D eigenvalue weighted by molar-refractivity contribution is 6.31. The fraction of sp³-hybridized carbons (Fsp3) is 0.167. The second-order valence-corrected chi connectivity index (χ2v) is 4.10. The zero-order chi connectivity index (χ0) is 13.1. The van der Waals surface area contributed by atoms with Crippen LogP contribution in [0.4, 0.5) is 0 Å². The van der Waals surface area contributed by atoms with Crippen molar-refractivity contribution in [3.8, 4) is 5.75 Å². The van der Waals surface area contributed by atoms with E-state index in [-0.39, 0.29) is 17.9 Å². The number of benzene rings is 1. The van der Waals surface area contributed by atoms with E-state index in [9.17, 15) is 9.90 Å². The normalized spacial score (nSPS) is 10.3. The molecular weight excluding hydrogens is 258 g/mol. The topological polar surface area (TPSA) is 72.6 Å². The van der Waals surface area contributed by atoms with Crippen LogP contribution < -0.4 is 0 Å². The number of carbonyl (C=O) groups excluding carboxylic acids is 1. The Morgan fingerprint density at radius 1 is 1.50 bits per heavy atom. The Kier molecular flexibility index (Phi) is 3.53. The molecule has 1 aromatic carbocycles. The van der Waals surface area contributed by atoms with Gasteiger partial charge in [0.1, 0.15) is 29.4 Å². The lowest BCUT2D eigenvalue weighted by Gasteiger charge is -2.04. The van der Waals surface area contributed by atoms with Gasteiger partial charge >= 0.3 is 5.97 Å². The number of phenolic OH excluding ortho intramolecular Hbond substituents is 1. The van der Waals surface area contributed by atoms with Crippen molar-refractivity contribution in [2.75, 3.05) is 0 Å². The van der Waals surface area contributed by atoms with Crippen LogP contribution in [0, 0.1) is 6.92 Å². The average molecular weight is 268 g/mol. The van der Waals surface area contributed by atoms with Crippen LogP contribution in [0.15, 0.2) is 28.8 Å². The second kappa shape index (κ2) is 5.10. The summed E-state index contributed by atoms with van der Waals surface area (Å²) in [4.78, 5) is 11.7. The number of aryl methyl sites for hydroxylation is 1. The molecule has 0 atom stereocenters. The summed E-state index contributed by atoms with van der Waals surface area (Å²) in [5.41, 5.74) is 0.519. The molecule has 2 aromatic rings. The predicted molar refractivity (Wildman–Crippen MR) is 63.5 cm³/mol. The van der Waals surface area contributed by atoms with Crippen molar-refractivity contribution in [1.29, 1.82) is 0 Å². The van der Waals surface area contributed by atoms with Gasteiger partial charge in [-0.3, -0.25) is 0 Å². The van der Waals surface area contributed by atoms with Crippen molar-refractivity contribution < 1.29 is 19.2 Å². The van der Waals surface area contributed by atoms with Crippen molar-refractivity contribution in [2.24, 2.45) is 0 Å². The first-order valence-corrected chi connectivity index (χ1v) is 5.52. The molecule has 0 aliphatic carbocycles. The molecule has 2 rings (SSSR count). The van der Waals surface area contributed by atoms with E-state index in [0.717, 1.165) is 0 Å². The summed E-state index contributed by atoms with van der Waals surface area (Å²) in [5, 5.41) is 13.5. The SMILES string of the molecule is Cc1cc(COC(=O)c2cc(Cl)ccc2O)no1. The Balaban J connectivity index is 2.05. The molecular formula is C12H10ClNO4. The number of hydrogen-bond acceptors (Lipinski definition) is 5. The van der Waals surface area contributed by atoms with E-state index >= 15 is 0 Å². The molecule has 1 aromatic heterocycles. The Labute approximate surface area is 108 Å². The van der Waals surface area contributed by atoms with Gasteiger partial charge in [0, 0.05) is 11.1 Å². The summed E-state index contributed by atoms with van der Waals surface area (Å²) in [7, 11) is 0. The van der Waals surface area contributed by atoms with E-state index in [1.54, 1.807) is 13.0 Å². The Bertz CT molecular complexity index is 579. The van der Waals surface area contributed by atoms with Gasteiger partial charge in [-0.25, -0.2) is 4.79 Å². The van der Waals surface area contributed by atoms with Crippen LogP contribution in [0.2, 0.25) is 5.02 Å². The van der Waals surface area contributed by atoms with Crippen LogP contribution >= 0.6 is 11.6 Å². The number of aromatic hydroxyl groups is 1. The van der Waals surface area contributed by atoms with Crippen LogP contribution in [0.1, 0.15) is 21.8 Å². The van der Waals surface area contributed by atoms with E-state index in [0.29, 0.717) is 16.5 Å². The van der Waals surface area contributed by atoms with Crippen molar-refractivity contribution >= 4 is 17.6 Å². The summed E-state index contributed by atoms with van der Waals surface area (Å²) in [6, 6.07) is 5.81. The van der Waals surface area contributed by atoms with Crippen LogP contribution in [-0.2, 0) is 11.3 Å². The maximum atomic E-state index is 11.7. The molecule has 0 saturated heterocycles. The van der Waals surface area contributed by atoms with E-state index in [1.807, 2.05) is 0 Å². The highest BCUT2D eigenvalue weighted by atomic mass is 35.5. The van der Waals surface area contributed by atoms with Crippen molar-refractivity contribution in [2.45, 2.75) is 13.5 Å². The maximum absolute atomic E-state index is 11.7. The van der Waals surface area contributed by atoms with Crippen molar-refractivity contribution in [3.63, 3.8) is 0 Å². The second-order valence-electron chi connectivity index (χ2n) is 3.67. The van der Waals surface area contributed by atoms with Crippen molar-refractivity contribution in [1.82, 2.24) is 5.16 Å². The molecule has 0 fully saturated rings. The molecule has 0 radical (unpaired) electrons. The van der Waals surface area contributed by atoms with E-state index < -0.39 is 5.97 Å². The molecule has 0 aliphatic rings. The molecule has 0 unspecified atom stereocenters. The molecule has 5 nitrogen and oxygen atoms in total. The smallest absolute Gasteiger partial charge is 0.342 e. The number of ether oxygens (including phenoxy) is 1. The quantitative estimate of drug-likeness (QED) is 0.866. The molecule has 0 spiro atoms. The summed E-state index contributed by atoms with van der Waals surface area (Å²) in [5.74, 6) is -0.219. The molecule has 0 amide bonds. The highest BCUT2D eigenvalue weighted by Crippen LogP contribution is 2.22. The first kappa shape index (κ1) is 12.4. The van der Waals surface area contributed by atoms with E-state index in [2.05, 4.69) is 5.16 Å². The average Bonchev–Trinajstić information content (AvgIpc) is 2.75. The van der Waals surface area contributed by atoms with Gasteiger partial charge in [-0.2, -0.15) is 0 Å². The van der Waals surface area contributed by atoms with Crippen LogP contribution in [0.3, 0.4) is 0 Å². The third kappa shape index (κ3) is 2.81. The fourth-order valence-electron chi connectivity index (χ4n) is 1.37. The monoisotopic (exact) mass is 267 g/mol. The standard InChI is InChI=1S/C12H10ClNO4/c1-7-4-9(14-18-7)6-17-12(16)10-5-8(13)2-3-11(10)15/h2-5,15H,6H2,1H3. The summed E-state index contributed by atoms with van der Waals surface area (Å²) in [6.45, 7) is 1.71. The minimum absolute atomic E-state index is 0.0164. The number of phenols is 1. The minimum atomic E-state index is -0.671. The van der Waals surface area contributed by atoms with Gasteiger partial charge < -0.3 is 14.4 Å². The maximum Gasteiger partial charge on any atom is 0.342 e. The number of esters is 1. The molecule has 6 heteroatoms. The third-order valence-electron chi connectivity index (χ3n) is 2.21. The zero-order valence-corrected chi connectivity index (χ0v) is 10.3. The van der Waals surface area contributed by atoms with Gasteiger partial charge in [0.2, 0.25) is 0 Å². The molecule has 1 N–H and O–H groups in total. The number of rotatable bonds is 3. The molecule has 0 bridgehead atoms. The lowest BCUT2D eigenvalue weighted by Crippen LogP contribution is -2.05. The largest absolute Gasteiger partial charge is 0.507 e. The molecule has 1 heterocycles. The van der Waals surface area contributed by atoms with Gasteiger partial charge in [-0.1, -0.05) is 16.8 Å². The van der Waals surface area contributed by atoms with Crippen LogP contribution in [0.5, 0.6) is 5.75 Å². The Morgan fingerprint density at radius 3 is 2.94 bits per heavy atom. The van der Waals surface area contributed by atoms with Crippen LogP contribution in [0.25, 0.3) is 0 Å². The molecule has 0 aliphatic heterocycles. The third-order valence-corrected chi connectivity index (χ3v) is 2.44. The number of halogens is 1. The summed E-state index contributed by atoms with van der Waals surface area (Å²) >= 11 is 5.74. The minimum Gasteiger partial charge on any atom is -0.507 e. The predicted octanol–water partition coefficient (Wildman–Crippen LogP) is 2.70. The van der Waals surface area contributed by atoms with Gasteiger partial charge in [0.15, 0.2) is 0 Å². The molecule has 94 valence electrons. The van der Waals surface area contributed by atoms with Gasteiger partial charge in [0.25, 0.3) is 0 Å². The highest BCUT2D eigenvalue weighted by Gasteiger charge is 2.14. The molecule has 18 heavy (non-hydrogen) atoms. The summed E-state index contributed by atoms with van der Waals surface area (Å²) in [6.07, 6.45) is 0. The number of nitrogens with zero attached hydrogens (tertiary/aromatic N) is 1. The van der Waals surface area contributed by atoms with E-state index in [1.165, 1.54) is 18.2 Å². The van der Waals surface area contributed by atoms with E-state index in [4.69, 9.17) is 20.9 Å². The fourth-order valence-corrected chi connectivity index (χ4v) is 1.55. The molecule has 0 saturated carbocycles. The Hall–Kier alpha value is -2.01. The van der Waals surface area contributed by atoms with Crippen LogP contribution in [-0.4, -0.2) is 16.2 Å². The zero-order valence-electron chi connectivity index (χ0n) is 9.51. The summed E-state index contributed by atoms with van der Waals surface area (Å²) < 4.78 is 9.82. The lowest BCUT2D eigenvalue weighted by molar-refractivity contribution is 0.0461.